The van der Waals surface area contributed by atoms with E-state index in [1.807, 2.05) is 6.92 Å². The van der Waals surface area contributed by atoms with Crippen molar-refractivity contribution >= 4 is 28.4 Å². The van der Waals surface area contributed by atoms with Gasteiger partial charge in [-0.25, -0.2) is 4.79 Å². The third kappa shape index (κ3) is 2.38. The fraction of sp³-hybridized carbons (Fsp3) is 0.500. The molecule has 0 fully saturated rings. The molecule has 0 saturated heterocycles. The highest BCUT2D eigenvalue weighted by molar-refractivity contribution is 7.11. The molecule has 1 aromatic heterocycles. The monoisotopic (exact) mass is 242 g/mol. The van der Waals surface area contributed by atoms with Gasteiger partial charge in [0.15, 0.2) is 0 Å². The van der Waals surface area contributed by atoms with Gasteiger partial charge in [0.2, 0.25) is 5.91 Å². The van der Waals surface area contributed by atoms with E-state index in [2.05, 4.69) is 4.37 Å². The van der Waals surface area contributed by atoms with Crippen molar-refractivity contribution in [2.75, 3.05) is 11.9 Å². The Morgan fingerprint density at radius 1 is 1.50 bits per heavy atom. The van der Waals surface area contributed by atoms with Crippen molar-refractivity contribution in [1.29, 1.82) is 0 Å². The number of anilines is 1. The Hall–Kier alpha value is -1.43. The number of nitrogens with zero attached hydrogens (tertiary/aromatic N) is 2. The normalized spacial score (nSPS) is 10.2. The van der Waals surface area contributed by atoms with Crippen LogP contribution in [-0.2, 0) is 4.79 Å². The summed E-state index contributed by atoms with van der Waals surface area (Å²) >= 11 is 1.04. The zero-order valence-corrected chi connectivity index (χ0v) is 10.3. The quantitative estimate of drug-likeness (QED) is 0.875. The van der Waals surface area contributed by atoms with Gasteiger partial charge in [-0.2, -0.15) is 4.37 Å². The number of aromatic carboxylic acids is 1. The topological polar surface area (TPSA) is 70.5 Å². The maximum absolute atomic E-state index is 11.6. The van der Waals surface area contributed by atoms with E-state index < -0.39 is 5.97 Å². The van der Waals surface area contributed by atoms with Crippen LogP contribution >= 0.6 is 11.5 Å². The Labute approximate surface area is 97.9 Å². The number of aromatic nitrogens is 1. The van der Waals surface area contributed by atoms with Crippen LogP contribution in [0, 0.1) is 6.92 Å². The lowest BCUT2D eigenvalue weighted by atomic mass is 10.2. The standard InChI is InChI=1S/C10H14N2O3S/c1-4-5-7(13)12(3)9-8(10(14)15)6(2)11-16-9/h4-5H2,1-3H3,(H,14,15). The number of hydrogen-bond acceptors (Lipinski definition) is 4. The summed E-state index contributed by atoms with van der Waals surface area (Å²) in [6, 6.07) is 0. The Bertz CT molecular complexity index is 414. The average Bonchev–Trinajstić information content (AvgIpc) is 2.59. The fourth-order valence-corrected chi connectivity index (χ4v) is 2.19. The lowest BCUT2D eigenvalue weighted by Gasteiger charge is -2.15. The SMILES string of the molecule is CCCC(=O)N(C)c1snc(C)c1C(=O)O. The summed E-state index contributed by atoms with van der Waals surface area (Å²) in [6.45, 7) is 3.53. The lowest BCUT2D eigenvalue weighted by Crippen LogP contribution is -2.26. The zero-order valence-electron chi connectivity index (χ0n) is 9.48. The molecule has 6 heteroatoms. The highest BCUT2D eigenvalue weighted by atomic mass is 32.1. The molecule has 0 radical (unpaired) electrons. The summed E-state index contributed by atoms with van der Waals surface area (Å²) in [4.78, 5) is 24.0. The fourth-order valence-electron chi connectivity index (χ4n) is 1.33. The van der Waals surface area contributed by atoms with Crippen molar-refractivity contribution in [2.45, 2.75) is 26.7 Å². The molecule has 1 N–H and O–H groups in total. The van der Waals surface area contributed by atoms with Crippen molar-refractivity contribution in [1.82, 2.24) is 4.37 Å². The van der Waals surface area contributed by atoms with E-state index in [4.69, 9.17) is 5.11 Å². The van der Waals surface area contributed by atoms with Crippen molar-refractivity contribution in [2.24, 2.45) is 0 Å². The summed E-state index contributed by atoms with van der Waals surface area (Å²) in [5.41, 5.74) is 0.570. The molecule has 0 spiro atoms. The molecule has 16 heavy (non-hydrogen) atoms. The van der Waals surface area contributed by atoms with Gasteiger partial charge >= 0.3 is 5.97 Å². The van der Waals surface area contributed by atoms with Crippen LogP contribution in [0.1, 0.15) is 35.8 Å². The molecular weight excluding hydrogens is 228 g/mol. The van der Waals surface area contributed by atoms with Gasteiger partial charge in [-0.15, -0.1) is 0 Å². The van der Waals surface area contributed by atoms with E-state index in [1.54, 1.807) is 14.0 Å². The Balaban J connectivity index is 3.04. The zero-order chi connectivity index (χ0) is 12.3. The molecule has 0 saturated carbocycles. The summed E-state index contributed by atoms with van der Waals surface area (Å²) in [6.07, 6.45) is 1.15. The Morgan fingerprint density at radius 3 is 2.62 bits per heavy atom. The van der Waals surface area contributed by atoms with Crippen molar-refractivity contribution in [3.8, 4) is 0 Å². The summed E-state index contributed by atoms with van der Waals surface area (Å²) < 4.78 is 3.97. The minimum Gasteiger partial charge on any atom is -0.478 e. The number of hydrogen-bond donors (Lipinski definition) is 1. The predicted molar refractivity (Wildman–Crippen MR) is 62.1 cm³/mol. The van der Waals surface area contributed by atoms with Gasteiger partial charge in [-0.1, -0.05) is 6.92 Å². The lowest BCUT2D eigenvalue weighted by molar-refractivity contribution is -0.118. The van der Waals surface area contributed by atoms with Crippen molar-refractivity contribution in [3.05, 3.63) is 11.3 Å². The molecule has 88 valence electrons. The van der Waals surface area contributed by atoms with Crippen LogP contribution in [0.3, 0.4) is 0 Å². The minimum absolute atomic E-state index is 0.0892. The average molecular weight is 242 g/mol. The number of amides is 1. The van der Waals surface area contributed by atoms with Crippen LogP contribution in [0.5, 0.6) is 0 Å². The van der Waals surface area contributed by atoms with Gasteiger partial charge in [-0.3, -0.25) is 4.79 Å². The molecule has 1 rings (SSSR count). The van der Waals surface area contributed by atoms with Gasteiger partial charge in [0.05, 0.1) is 5.69 Å². The third-order valence-corrected chi connectivity index (χ3v) is 3.22. The third-order valence-electron chi connectivity index (χ3n) is 2.20. The first kappa shape index (κ1) is 12.6. The van der Waals surface area contributed by atoms with Crippen LogP contribution in [0.15, 0.2) is 0 Å². The highest BCUT2D eigenvalue weighted by Crippen LogP contribution is 2.28. The number of aryl methyl sites for hydroxylation is 1. The molecule has 1 amide bonds. The van der Waals surface area contributed by atoms with Gasteiger partial charge in [0, 0.05) is 13.5 Å². The molecule has 0 atom stereocenters. The largest absolute Gasteiger partial charge is 0.478 e. The van der Waals surface area contributed by atoms with Crippen LogP contribution in [0.25, 0.3) is 0 Å². The molecule has 0 bridgehead atoms. The second kappa shape index (κ2) is 5.07. The summed E-state index contributed by atoms with van der Waals surface area (Å²) in [5, 5.41) is 9.43. The Kier molecular flexibility index (Phi) is 4.00. The Morgan fingerprint density at radius 2 is 2.12 bits per heavy atom. The maximum Gasteiger partial charge on any atom is 0.340 e. The number of carbonyl (C=O) groups is 2. The predicted octanol–water partition coefficient (Wildman–Crippen LogP) is 1.91. The van der Waals surface area contributed by atoms with Gasteiger partial charge in [0.25, 0.3) is 0 Å². The van der Waals surface area contributed by atoms with Gasteiger partial charge in [-0.05, 0) is 24.9 Å². The molecule has 0 unspecified atom stereocenters. The van der Waals surface area contributed by atoms with E-state index in [1.165, 1.54) is 4.90 Å². The molecule has 0 aromatic carbocycles. The van der Waals surface area contributed by atoms with Crippen LogP contribution in [0.2, 0.25) is 0 Å². The maximum atomic E-state index is 11.6. The number of rotatable bonds is 4. The molecule has 1 heterocycles. The van der Waals surface area contributed by atoms with Crippen molar-refractivity contribution in [3.63, 3.8) is 0 Å². The van der Waals surface area contributed by atoms with E-state index in [0.717, 1.165) is 18.0 Å². The van der Waals surface area contributed by atoms with E-state index in [-0.39, 0.29) is 11.5 Å². The second-order valence-corrected chi connectivity index (χ2v) is 4.21. The molecule has 1 aromatic rings. The molecule has 5 nitrogen and oxygen atoms in total. The summed E-state index contributed by atoms with van der Waals surface area (Å²) in [5.74, 6) is -1.13. The van der Waals surface area contributed by atoms with Gasteiger partial charge in [0.1, 0.15) is 10.6 Å². The number of carboxylic acids is 1. The van der Waals surface area contributed by atoms with Crippen LogP contribution in [0.4, 0.5) is 5.00 Å². The smallest absolute Gasteiger partial charge is 0.340 e. The molecular formula is C10H14N2O3S. The van der Waals surface area contributed by atoms with E-state index >= 15 is 0 Å². The minimum atomic E-state index is -1.04. The first-order valence-corrected chi connectivity index (χ1v) is 5.72. The number of carbonyl (C=O) groups excluding carboxylic acids is 1. The second-order valence-electron chi connectivity index (χ2n) is 3.46. The first-order valence-electron chi connectivity index (χ1n) is 4.95. The van der Waals surface area contributed by atoms with Crippen LogP contribution < -0.4 is 4.90 Å². The van der Waals surface area contributed by atoms with Crippen LogP contribution in [-0.4, -0.2) is 28.4 Å². The number of carboxylic acid groups (broad SMARTS) is 1. The van der Waals surface area contributed by atoms with E-state index in [0.29, 0.717) is 17.1 Å². The van der Waals surface area contributed by atoms with Crippen molar-refractivity contribution < 1.29 is 14.7 Å². The molecule has 0 aliphatic heterocycles. The van der Waals surface area contributed by atoms with E-state index in [9.17, 15) is 9.59 Å². The highest BCUT2D eigenvalue weighted by Gasteiger charge is 2.23. The molecule has 0 aliphatic rings. The van der Waals surface area contributed by atoms with Gasteiger partial charge < -0.3 is 10.0 Å². The first-order chi connectivity index (χ1) is 7.49. The summed E-state index contributed by atoms with van der Waals surface area (Å²) in [7, 11) is 1.58. The molecule has 0 aliphatic carbocycles.